The van der Waals surface area contributed by atoms with E-state index in [-0.39, 0.29) is 69.1 Å². The third kappa shape index (κ3) is 4.72. The van der Waals surface area contributed by atoms with E-state index in [9.17, 15) is 20.0 Å². The van der Waals surface area contributed by atoms with E-state index in [1.165, 1.54) is 13.2 Å². The van der Waals surface area contributed by atoms with E-state index in [0.717, 1.165) is 25.7 Å². The number of cyclic esters (lactones) is 1. The van der Waals surface area contributed by atoms with Gasteiger partial charge in [-0.2, -0.15) is 5.26 Å². The number of nitriles is 1. The van der Waals surface area contributed by atoms with Crippen molar-refractivity contribution in [3.8, 4) is 29.1 Å². The van der Waals surface area contributed by atoms with E-state index in [0.29, 0.717) is 17.9 Å². The minimum Gasteiger partial charge on any atom is -0.495 e. The molecular weight excluding hydrogens is 522 g/mol. The minimum absolute atomic E-state index is 0.00118. The van der Waals surface area contributed by atoms with Crippen molar-refractivity contribution >= 4 is 23.5 Å². The molecule has 3 aliphatic rings. The molecule has 0 spiro atoms. The SMILES string of the molecule is COc1c(C(O)CC(C)C)ccc2c1C(=O)OCc1c(Cl)c(C#N)cc(OC(=O)C3(C)CC4CCC3C4)c1O2. The summed E-state index contributed by atoms with van der Waals surface area (Å²) in [4.78, 5) is 26.7. The van der Waals surface area contributed by atoms with Crippen molar-refractivity contribution in [1.82, 2.24) is 0 Å². The monoisotopic (exact) mass is 553 g/mol. The lowest BCUT2D eigenvalue weighted by molar-refractivity contribution is -0.148. The summed E-state index contributed by atoms with van der Waals surface area (Å²) in [6.45, 7) is 5.58. The third-order valence-electron chi connectivity index (χ3n) is 8.39. The van der Waals surface area contributed by atoms with Crippen LogP contribution in [0.1, 0.15) is 86.0 Å². The van der Waals surface area contributed by atoms with Crippen molar-refractivity contribution < 1.29 is 33.6 Å². The van der Waals surface area contributed by atoms with Gasteiger partial charge in [0.25, 0.3) is 0 Å². The summed E-state index contributed by atoms with van der Waals surface area (Å²) < 4.78 is 23.4. The number of fused-ring (bicyclic) bond motifs is 4. The molecule has 2 saturated carbocycles. The number of methoxy groups -OCH3 is 1. The van der Waals surface area contributed by atoms with Crippen LogP contribution in [0.3, 0.4) is 0 Å². The highest BCUT2D eigenvalue weighted by Gasteiger charge is 2.53. The first kappa shape index (κ1) is 27.3. The fraction of sp³-hybridized carbons (Fsp3) is 0.500. The second kappa shape index (κ2) is 10.4. The number of hydrogen-bond donors (Lipinski definition) is 1. The highest BCUT2D eigenvalue weighted by atomic mass is 35.5. The van der Waals surface area contributed by atoms with Crippen LogP contribution in [0.5, 0.6) is 23.0 Å². The van der Waals surface area contributed by atoms with Crippen LogP contribution in [0.4, 0.5) is 0 Å². The predicted molar refractivity (Wildman–Crippen MR) is 142 cm³/mol. The molecule has 1 heterocycles. The Morgan fingerprint density at radius 2 is 2.10 bits per heavy atom. The number of halogens is 1. The number of rotatable bonds is 6. The maximum absolute atomic E-state index is 13.5. The smallest absolute Gasteiger partial charge is 0.346 e. The quantitative estimate of drug-likeness (QED) is 0.318. The van der Waals surface area contributed by atoms with Gasteiger partial charge in [-0.25, -0.2) is 4.79 Å². The number of carbonyl (C=O) groups is 2. The van der Waals surface area contributed by atoms with Crippen molar-refractivity contribution in [2.45, 2.75) is 65.6 Å². The zero-order valence-corrected chi connectivity index (χ0v) is 23.3. The second-order valence-corrected chi connectivity index (χ2v) is 11.8. The fourth-order valence-electron chi connectivity index (χ4n) is 6.38. The number of esters is 2. The van der Waals surface area contributed by atoms with E-state index < -0.39 is 17.5 Å². The van der Waals surface area contributed by atoms with Crippen LogP contribution in [0.25, 0.3) is 0 Å². The first-order valence-corrected chi connectivity index (χ1v) is 13.7. The molecule has 0 saturated heterocycles. The van der Waals surface area contributed by atoms with E-state index >= 15 is 0 Å². The molecule has 4 atom stereocenters. The van der Waals surface area contributed by atoms with Crippen LogP contribution in [0.2, 0.25) is 5.02 Å². The highest BCUT2D eigenvalue weighted by molar-refractivity contribution is 6.32. The van der Waals surface area contributed by atoms with Crippen LogP contribution in [-0.2, 0) is 16.1 Å². The van der Waals surface area contributed by atoms with E-state index in [2.05, 4.69) is 0 Å². The number of hydrogen-bond acceptors (Lipinski definition) is 8. The van der Waals surface area contributed by atoms with Crippen molar-refractivity contribution in [3.63, 3.8) is 0 Å². The molecule has 2 fully saturated rings. The Labute approximate surface area is 232 Å². The van der Waals surface area contributed by atoms with Gasteiger partial charge in [-0.3, -0.25) is 4.79 Å². The lowest BCUT2D eigenvalue weighted by Gasteiger charge is -2.32. The Morgan fingerprint density at radius 3 is 2.72 bits per heavy atom. The molecule has 2 aromatic rings. The zero-order chi connectivity index (χ0) is 28.1. The lowest BCUT2D eigenvalue weighted by Crippen LogP contribution is -2.37. The summed E-state index contributed by atoms with van der Waals surface area (Å²) in [6.07, 6.45) is 3.48. The van der Waals surface area contributed by atoms with E-state index in [1.54, 1.807) is 12.1 Å². The van der Waals surface area contributed by atoms with Crippen molar-refractivity contribution in [1.29, 1.82) is 5.26 Å². The van der Waals surface area contributed by atoms with Crippen LogP contribution >= 0.6 is 11.6 Å². The van der Waals surface area contributed by atoms with Gasteiger partial charge < -0.3 is 24.1 Å². The van der Waals surface area contributed by atoms with Gasteiger partial charge in [0.2, 0.25) is 0 Å². The Kier molecular flexibility index (Phi) is 7.25. The summed E-state index contributed by atoms with van der Waals surface area (Å²) in [5, 5.41) is 20.6. The summed E-state index contributed by atoms with van der Waals surface area (Å²) in [6, 6.07) is 6.58. The van der Waals surface area contributed by atoms with Gasteiger partial charge in [0.1, 0.15) is 29.7 Å². The third-order valence-corrected chi connectivity index (χ3v) is 8.82. The highest BCUT2D eigenvalue weighted by Crippen LogP contribution is 2.57. The van der Waals surface area contributed by atoms with Gasteiger partial charge in [0.05, 0.1) is 34.8 Å². The molecule has 5 rings (SSSR count). The second-order valence-electron chi connectivity index (χ2n) is 11.4. The number of aliphatic hydroxyl groups is 1. The molecular formula is C30H32ClNO7. The molecule has 1 aliphatic heterocycles. The van der Waals surface area contributed by atoms with Gasteiger partial charge in [-0.15, -0.1) is 0 Å². The molecule has 0 aromatic heterocycles. The number of aliphatic hydroxyl groups excluding tert-OH is 1. The zero-order valence-electron chi connectivity index (χ0n) is 22.5. The molecule has 2 aliphatic carbocycles. The van der Waals surface area contributed by atoms with Gasteiger partial charge in [0, 0.05) is 11.6 Å². The summed E-state index contributed by atoms with van der Waals surface area (Å²) >= 11 is 6.52. The largest absolute Gasteiger partial charge is 0.495 e. The number of benzene rings is 2. The van der Waals surface area contributed by atoms with Gasteiger partial charge in [0.15, 0.2) is 11.5 Å². The summed E-state index contributed by atoms with van der Waals surface area (Å²) in [5.74, 6) is 0.202. The summed E-state index contributed by atoms with van der Waals surface area (Å²) in [7, 11) is 1.40. The fourth-order valence-corrected chi connectivity index (χ4v) is 6.61. The molecule has 4 unspecified atom stereocenters. The molecule has 2 aromatic carbocycles. The Bertz CT molecular complexity index is 1380. The Morgan fingerprint density at radius 1 is 1.33 bits per heavy atom. The first-order chi connectivity index (χ1) is 18.6. The molecule has 206 valence electrons. The average Bonchev–Trinajstić information content (AvgIpc) is 3.49. The molecule has 9 heteroatoms. The molecule has 2 bridgehead atoms. The molecule has 8 nitrogen and oxygen atoms in total. The van der Waals surface area contributed by atoms with Crippen molar-refractivity contribution in [3.05, 3.63) is 45.5 Å². The topological polar surface area (TPSA) is 115 Å². The van der Waals surface area contributed by atoms with Crippen LogP contribution in [-0.4, -0.2) is 24.2 Å². The van der Waals surface area contributed by atoms with Crippen LogP contribution < -0.4 is 14.2 Å². The van der Waals surface area contributed by atoms with E-state index in [1.807, 2.05) is 26.8 Å². The van der Waals surface area contributed by atoms with Gasteiger partial charge in [-0.1, -0.05) is 31.9 Å². The van der Waals surface area contributed by atoms with Crippen molar-refractivity contribution in [2.75, 3.05) is 7.11 Å². The molecule has 0 amide bonds. The predicted octanol–water partition coefficient (Wildman–Crippen LogP) is 6.49. The standard InChI is InChI=1S/C30H32ClNO7/c1-15(2)9-21(33)19-7-8-22-24(27(19)36-4)28(34)37-14-20-25(31)17(13-32)11-23(26(20)38-22)39-29(35)30(3)12-16-5-6-18(30)10-16/h7-8,11,15-16,18,21,33H,5-6,9-10,12,14H2,1-4H3. The van der Waals surface area contributed by atoms with Crippen LogP contribution in [0, 0.1) is 34.5 Å². The number of nitrogens with zero attached hydrogens (tertiary/aromatic N) is 1. The maximum atomic E-state index is 13.5. The maximum Gasteiger partial charge on any atom is 0.346 e. The van der Waals surface area contributed by atoms with Crippen molar-refractivity contribution in [2.24, 2.45) is 23.2 Å². The Balaban J connectivity index is 1.59. The molecule has 39 heavy (non-hydrogen) atoms. The van der Waals surface area contributed by atoms with Gasteiger partial charge >= 0.3 is 11.9 Å². The average molecular weight is 554 g/mol. The normalized spacial score (nSPS) is 24.0. The molecule has 1 N–H and O–H groups in total. The lowest BCUT2D eigenvalue weighted by atomic mass is 9.75. The minimum atomic E-state index is -0.873. The van der Waals surface area contributed by atoms with Gasteiger partial charge in [-0.05, 0) is 62.5 Å². The number of carbonyl (C=O) groups excluding carboxylic acids is 2. The first-order valence-electron chi connectivity index (χ1n) is 13.3. The van der Waals surface area contributed by atoms with E-state index in [4.69, 9.17) is 30.5 Å². The molecule has 0 radical (unpaired) electrons. The summed E-state index contributed by atoms with van der Waals surface area (Å²) in [5.41, 5.74) is 0.0973. The van der Waals surface area contributed by atoms with Crippen LogP contribution in [0.15, 0.2) is 18.2 Å². The Hall–Kier alpha value is -3.28. The number of ether oxygens (including phenoxy) is 4.